The second-order valence-corrected chi connectivity index (χ2v) is 24.3. The van der Waals surface area contributed by atoms with E-state index in [4.69, 9.17) is 18.9 Å². The van der Waals surface area contributed by atoms with Crippen LogP contribution in [0.25, 0.3) is 0 Å². The van der Waals surface area contributed by atoms with E-state index in [-0.39, 0.29) is 18.9 Å². The Hall–Kier alpha value is -1.27. The molecule has 12 atom stereocenters. The van der Waals surface area contributed by atoms with Crippen LogP contribution in [-0.2, 0) is 23.7 Å². The van der Waals surface area contributed by atoms with E-state index in [0.717, 1.165) is 38.5 Å². The molecule has 0 aliphatic carbocycles. The summed E-state index contributed by atoms with van der Waals surface area (Å²) in [5.74, 6) is -0.234. The summed E-state index contributed by atoms with van der Waals surface area (Å²) in [6.07, 6.45) is 45.9. The Balaban J connectivity index is 1.56. The molecule has 0 spiro atoms. The number of allylic oxidation sites excluding steroid dienone is 1. The number of nitrogens with one attached hydrogen (secondary N) is 1. The molecule has 2 heterocycles. The van der Waals surface area contributed by atoms with Crippen LogP contribution in [0.5, 0.6) is 0 Å². The Morgan fingerprint density at radius 3 is 1.15 bits per heavy atom. The van der Waals surface area contributed by atoms with Crippen molar-refractivity contribution in [1.82, 2.24) is 5.32 Å². The number of carbonyl (C=O) groups is 1. The second-order valence-electron chi connectivity index (χ2n) is 24.3. The molecule has 1 amide bonds. The number of carbonyl (C=O) groups excluding carboxylic acids is 1. The minimum absolute atomic E-state index is 0.234. The van der Waals surface area contributed by atoms with E-state index < -0.39 is 86.8 Å². The van der Waals surface area contributed by atoms with E-state index in [9.17, 15) is 45.6 Å². The fourth-order valence-corrected chi connectivity index (χ4v) is 11.5. The fraction of sp³-hybridized carbons (Fsp3) is 0.955. The largest absolute Gasteiger partial charge is 0.394 e. The fourth-order valence-electron chi connectivity index (χ4n) is 11.5. The normalized spacial score (nSPS) is 24.2. The number of rotatable bonds is 56. The van der Waals surface area contributed by atoms with Gasteiger partial charge in [-0.05, 0) is 19.3 Å². The quantitative estimate of drug-likeness (QED) is 0.0204. The molecule has 0 saturated carbocycles. The predicted octanol–water partition coefficient (Wildman–Crippen LogP) is 13.0. The predicted molar refractivity (Wildman–Crippen MR) is 323 cm³/mol. The Morgan fingerprint density at radius 2 is 0.775 bits per heavy atom. The lowest BCUT2D eigenvalue weighted by atomic mass is 9.97. The number of aliphatic hydroxyl groups is 8. The van der Waals surface area contributed by atoms with Gasteiger partial charge in [0, 0.05) is 6.42 Å². The zero-order chi connectivity index (χ0) is 58.1. The van der Waals surface area contributed by atoms with Gasteiger partial charge in [-0.3, -0.25) is 4.79 Å². The van der Waals surface area contributed by atoms with Crippen LogP contribution in [0.3, 0.4) is 0 Å². The second kappa shape index (κ2) is 52.1. The highest BCUT2D eigenvalue weighted by Crippen LogP contribution is 2.30. The molecule has 14 nitrogen and oxygen atoms in total. The average molecular weight is 1140 g/mol. The van der Waals surface area contributed by atoms with Crippen molar-refractivity contribution in [2.24, 2.45) is 0 Å². The highest BCUT2D eigenvalue weighted by molar-refractivity contribution is 5.76. The molecule has 0 aromatic rings. The summed E-state index contributed by atoms with van der Waals surface area (Å²) in [5, 5.41) is 87.0. The smallest absolute Gasteiger partial charge is 0.220 e. The number of ether oxygens (including phenoxy) is 4. The van der Waals surface area contributed by atoms with Crippen molar-refractivity contribution < 1.29 is 64.6 Å². The van der Waals surface area contributed by atoms with Crippen molar-refractivity contribution in [1.29, 1.82) is 0 Å². The van der Waals surface area contributed by atoms with Crippen molar-refractivity contribution >= 4 is 5.91 Å². The van der Waals surface area contributed by atoms with Crippen LogP contribution in [0.1, 0.15) is 309 Å². The average Bonchev–Trinajstić information content (AvgIpc) is 3.46. The van der Waals surface area contributed by atoms with E-state index in [1.807, 2.05) is 6.08 Å². The highest BCUT2D eigenvalue weighted by Gasteiger charge is 2.51. The molecule has 12 unspecified atom stereocenters. The van der Waals surface area contributed by atoms with Gasteiger partial charge in [0.15, 0.2) is 12.6 Å². The van der Waals surface area contributed by atoms with Crippen LogP contribution in [0.4, 0.5) is 0 Å². The number of amides is 1. The molecule has 2 fully saturated rings. The topological polar surface area (TPSA) is 228 Å². The van der Waals surface area contributed by atoms with Crippen molar-refractivity contribution in [3.05, 3.63) is 12.2 Å². The van der Waals surface area contributed by atoms with Gasteiger partial charge in [0.1, 0.15) is 48.8 Å². The lowest BCUT2D eigenvalue weighted by molar-refractivity contribution is -0.359. The maximum Gasteiger partial charge on any atom is 0.220 e. The minimum atomic E-state index is -1.79. The molecular formula is C66H127NO13. The van der Waals surface area contributed by atoms with Gasteiger partial charge >= 0.3 is 0 Å². The van der Waals surface area contributed by atoms with Gasteiger partial charge in [-0.15, -0.1) is 0 Å². The maximum atomic E-state index is 13.3. The molecular weight excluding hydrogens is 1010 g/mol. The van der Waals surface area contributed by atoms with Crippen molar-refractivity contribution in [2.75, 3.05) is 19.8 Å². The third-order valence-electron chi connectivity index (χ3n) is 17.0. The summed E-state index contributed by atoms with van der Waals surface area (Å²) in [6.45, 7) is 2.81. The molecule has 2 saturated heterocycles. The van der Waals surface area contributed by atoms with E-state index in [1.54, 1.807) is 6.08 Å². The first-order valence-electron chi connectivity index (χ1n) is 33.9. The lowest BCUT2D eigenvalue weighted by Gasteiger charge is -2.46. The molecule has 80 heavy (non-hydrogen) atoms. The standard InChI is InChI=1S/C66H127NO13/c1-3-5-7-9-11-13-15-16-17-18-19-20-21-22-23-24-25-26-27-28-29-30-31-32-33-34-35-36-37-38-40-42-44-46-48-50-58(71)67-54(55(70)49-47-45-43-41-39-14-12-10-8-6-4-2)53-77-65-63(76)61(74)64(57(52-69)79-65)80-66-62(75)60(73)59(72)56(51-68)78-66/h47,49,54-57,59-66,68-70,72-76H,3-46,48,50-53H2,1-2H3,(H,67,71)/b49-47+. The maximum absolute atomic E-state index is 13.3. The SMILES string of the molecule is CCCCCCCCCCC/C=C/C(O)C(COC1OC(CO)C(OC2OC(CO)C(O)C(O)C2O)C(O)C1O)NC(=O)CCCCCCCCCCCCCCCCCCCCCCCCCCCCCCCCCCCCC. The zero-order valence-corrected chi connectivity index (χ0v) is 51.4. The molecule has 474 valence electrons. The Kier molecular flexibility index (Phi) is 48.7. The zero-order valence-electron chi connectivity index (χ0n) is 51.4. The number of hydrogen-bond acceptors (Lipinski definition) is 13. The monoisotopic (exact) mass is 1140 g/mol. The first kappa shape index (κ1) is 74.8. The van der Waals surface area contributed by atoms with Crippen LogP contribution in [0.2, 0.25) is 0 Å². The van der Waals surface area contributed by atoms with Crippen molar-refractivity contribution in [3.63, 3.8) is 0 Å². The van der Waals surface area contributed by atoms with Crippen LogP contribution in [0.15, 0.2) is 12.2 Å². The molecule has 0 radical (unpaired) electrons. The lowest BCUT2D eigenvalue weighted by Crippen LogP contribution is -2.65. The highest BCUT2D eigenvalue weighted by atomic mass is 16.7. The Morgan fingerprint density at radius 1 is 0.438 bits per heavy atom. The summed E-state index contributed by atoms with van der Waals surface area (Å²) in [7, 11) is 0. The van der Waals surface area contributed by atoms with Gasteiger partial charge < -0.3 is 65.1 Å². The number of aliphatic hydroxyl groups excluding tert-OH is 8. The Bertz CT molecular complexity index is 1390. The third-order valence-corrected chi connectivity index (χ3v) is 17.0. The summed E-state index contributed by atoms with van der Waals surface area (Å²) >= 11 is 0. The number of hydrogen-bond donors (Lipinski definition) is 9. The Labute approximate surface area is 488 Å². The van der Waals surface area contributed by atoms with Crippen molar-refractivity contribution in [2.45, 2.75) is 383 Å². The molecule has 2 aliphatic rings. The number of unbranched alkanes of at least 4 members (excludes halogenated alkanes) is 43. The van der Waals surface area contributed by atoms with Crippen molar-refractivity contribution in [3.8, 4) is 0 Å². The summed E-state index contributed by atoms with van der Waals surface area (Å²) in [4.78, 5) is 13.3. The van der Waals surface area contributed by atoms with E-state index >= 15 is 0 Å². The van der Waals surface area contributed by atoms with Gasteiger partial charge in [-0.2, -0.15) is 0 Å². The molecule has 9 N–H and O–H groups in total. The van der Waals surface area contributed by atoms with E-state index in [0.29, 0.717) is 6.42 Å². The molecule has 0 aromatic carbocycles. The summed E-state index contributed by atoms with van der Waals surface area (Å²) < 4.78 is 22.8. The first-order valence-corrected chi connectivity index (χ1v) is 33.9. The molecule has 2 aliphatic heterocycles. The van der Waals surface area contributed by atoms with Gasteiger partial charge in [-0.25, -0.2) is 0 Å². The van der Waals surface area contributed by atoms with Crippen LogP contribution >= 0.6 is 0 Å². The van der Waals surface area contributed by atoms with Gasteiger partial charge in [0.2, 0.25) is 5.91 Å². The van der Waals surface area contributed by atoms with Gasteiger partial charge in [0.25, 0.3) is 0 Å². The summed E-state index contributed by atoms with van der Waals surface area (Å²) in [5.41, 5.74) is 0. The molecule has 2 rings (SSSR count). The van der Waals surface area contributed by atoms with Gasteiger partial charge in [-0.1, -0.05) is 296 Å². The molecule has 0 bridgehead atoms. The molecule has 14 heteroatoms. The molecule has 0 aromatic heterocycles. The third kappa shape index (κ3) is 36.5. The van der Waals surface area contributed by atoms with E-state index in [2.05, 4.69) is 19.2 Å². The summed E-state index contributed by atoms with van der Waals surface area (Å²) in [6, 6.07) is -0.909. The van der Waals surface area contributed by atoms with E-state index in [1.165, 1.54) is 244 Å². The van der Waals surface area contributed by atoms with Crippen LogP contribution < -0.4 is 5.32 Å². The van der Waals surface area contributed by atoms with Gasteiger partial charge in [0.05, 0.1) is 32.0 Å². The van der Waals surface area contributed by atoms with Crippen LogP contribution in [0, 0.1) is 0 Å². The first-order chi connectivity index (χ1) is 39.1. The van der Waals surface area contributed by atoms with Crippen LogP contribution in [-0.4, -0.2) is 140 Å². The minimum Gasteiger partial charge on any atom is -0.394 e.